The van der Waals surface area contributed by atoms with Crippen LogP contribution in [0.25, 0.3) is 11.3 Å². The van der Waals surface area contributed by atoms with E-state index >= 15 is 0 Å². The van der Waals surface area contributed by atoms with Crippen LogP contribution in [0.3, 0.4) is 0 Å². The Kier molecular flexibility index (Phi) is 4.12. The zero-order chi connectivity index (χ0) is 13.0. The smallest absolute Gasteiger partial charge is 0.132 e. The summed E-state index contributed by atoms with van der Waals surface area (Å²) in [7, 11) is 1.88. The Balaban J connectivity index is 2.29. The lowest BCUT2D eigenvalue weighted by Gasteiger charge is -2.16. The second-order valence-electron chi connectivity index (χ2n) is 3.91. The molecule has 0 radical (unpaired) electrons. The van der Waals surface area contributed by atoms with E-state index < -0.39 is 0 Å². The van der Waals surface area contributed by atoms with E-state index in [4.69, 9.17) is 16.7 Å². The van der Waals surface area contributed by atoms with Crippen LogP contribution in [0, 0.1) is 0 Å². The highest BCUT2D eigenvalue weighted by molar-refractivity contribution is 6.30. The van der Waals surface area contributed by atoms with Gasteiger partial charge in [0, 0.05) is 30.2 Å². The summed E-state index contributed by atoms with van der Waals surface area (Å²) in [4.78, 5) is 10.3. The molecule has 1 heterocycles. The van der Waals surface area contributed by atoms with Crippen molar-refractivity contribution in [3.05, 3.63) is 41.7 Å². The molecule has 0 saturated carbocycles. The van der Waals surface area contributed by atoms with Crippen molar-refractivity contribution < 1.29 is 5.11 Å². The summed E-state index contributed by atoms with van der Waals surface area (Å²) in [5.41, 5.74) is 1.82. The molecule has 94 valence electrons. The van der Waals surface area contributed by atoms with Crippen LogP contribution >= 0.6 is 11.6 Å². The van der Waals surface area contributed by atoms with Crippen LogP contribution in [0.1, 0.15) is 0 Å². The van der Waals surface area contributed by atoms with Crippen LogP contribution < -0.4 is 4.90 Å². The van der Waals surface area contributed by atoms with Crippen molar-refractivity contribution in [2.24, 2.45) is 0 Å². The van der Waals surface area contributed by atoms with Gasteiger partial charge < -0.3 is 10.0 Å². The molecule has 2 rings (SSSR count). The summed E-state index contributed by atoms with van der Waals surface area (Å²) in [6.45, 7) is 0.633. The molecule has 0 saturated heterocycles. The molecule has 0 atom stereocenters. The summed E-state index contributed by atoms with van der Waals surface area (Å²) < 4.78 is 0. The van der Waals surface area contributed by atoms with Gasteiger partial charge in [-0.1, -0.05) is 23.7 Å². The molecule has 0 unspecified atom stereocenters. The number of benzene rings is 1. The lowest BCUT2D eigenvalue weighted by atomic mass is 10.1. The standard InChI is InChI=1S/C13H14ClN3O/c1-17(6-7-18)13-8-12(15-9-16-13)10-2-4-11(14)5-3-10/h2-5,8-9,18H,6-7H2,1H3. The SMILES string of the molecule is CN(CCO)c1cc(-c2ccc(Cl)cc2)ncn1. The fourth-order valence-electron chi connectivity index (χ4n) is 1.60. The molecule has 4 nitrogen and oxygen atoms in total. The fraction of sp³-hybridized carbons (Fsp3) is 0.231. The summed E-state index contributed by atoms with van der Waals surface area (Å²) in [6, 6.07) is 9.38. The van der Waals surface area contributed by atoms with E-state index in [9.17, 15) is 0 Å². The van der Waals surface area contributed by atoms with Gasteiger partial charge >= 0.3 is 0 Å². The second-order valence-corrected chi connectivity index (χ2v) is 4.35. The first kappa shape index (κ1) is 12.8. The van der Waals surface area contributed by atoms with Crippen molar-refractivity contribution in [1.82, 2.24) is 9.97 Å². The fourth-order valence-corrected chi connectivity index (χ4v) is 1.72. The first-order valence-corrected chi connectivity index (χ1v) is 5.98. The molecule has 1 aromatic heterocycles. The molecule has 0 aliphatic heterocycles. The Morgan fingerprint density at radius 1 is 1.22 bits per heavy atom. The predicted molar refractivity (Wildman–Crippen MR) is 72.8 cm³/mol. The summed E-state index contributed by atoms with van der Waals surface area (Å²) in [6.07, 6.45) is 1.52. The molecular weight excluding hydrogens is 250 g/mol. The predicted octanol–water partition coefficient (Wildman–Crippen LogP) is 2.23. The highest BCUT2D eigenvalue weighted by Gasteiger charge is 2.05. The van der Waals surface area contributed by atoms with Crippen molar-refractivity contribution in [2.45, 2.75) is 0 Å². The number of likely N-dealkylation sites (N-methyl/N-ethyl adjacent to an activating group) is 1. The monoisotopic (exact) mass is 263 g/mol. The van der Waals surface area contributed by atoms with E-state index in [1.54, 1.807) is 0 Å². The highest BCUT2D eigenvalue weighted by Crippen LogP contribution is 2.21. The number of aromatic nitrogens is 2. The van der Waals surface area contributed by atoms with Crippen LogP contribution in [0.4, 0.5) is 5.82 Å². The number of hydrogen-bond donors (Lipinski definition) is 1. The maximum absolute atomic E-state index is 8.92. The zero-order valence-corrected chi connectivity index (χ0v) is 10.8. The number of hydrogen-bond acceptors (Lipinski definition) is 4. The number of rotatable bonds is 4. The van der Waals surface area contributed by atoms with Gasteiger partial charge in [0.25, 0.3) is 0 Å². The minimum Gasteiger partial charge on any atom is -0.395 e. The molecule has 5 heteroatoms. The molecule has 0 amide bonds. The number of aliphatic hydroxyl groups excluding tert-OH is 1. The van der Waals surface area contributed by atoms with E-state index in [1.165, 1.54) is 6.33 Å². The zero-order valence-electron chi connectivity index (χ0n) is 10.0. The first-order chi connectivity index (χ1) is 8.70. The molecule has 0 fully saturated rings. The number of halogens is 1. The maximum Gasteiger partial charge on any atom is 0.132 e. The molecule has 0 bridgehead atoms. The third-order valence-electron chi connectivity index (χ3n) is 2.62. The quantitative estimate of drug-likeness (QED) is 0.919. The summed E-state index contributed by atoms with van der Waals surface area (Å²) >= 11 is 5.85. The summed E-state index contributed by atoms with van der Waals surface area (Å²) in [5.74, 6) is 0.781. The van der Waals surface area contributed by atoms with E-state index in [-0.39, 0.29) is 6.61 Å². The van der Waals surface area contributed by atoms with Crippen molar-refractivity contribution >= 4 is 17.4 Å². The Bertz CT molecular complexity index is 516. The van der Waals surface area contributed by atoms with Crippen LogP contribution in [0.2, 0.25) is 5.02 Å². The van der Waals surface area contributed by atoms with Gasteiger partial charge in [0.2, 0.25) is 0 Å². The second kappa shape index (κ2) is 5.80. The normalized spacial score (nSPS) is 10.4. The molecule has 0 aliphatic carbocycles. The average Bonchev–Trinajstić information content (AvgIpc) is 2.40. The molecule has 1 aromatic carbocycles. The summed E-state index contributed by atoms with van der Waals surface area (Å²) in [5, 5.41) is 9.61. The molecule has 2 aromatic rings. The number of aliphatic hydroxyl groups is 1. The molecular formula is C13H14ClN3O. The Morgan fingerprint density at radius 3 is 2.61 bits per heavy atom. The van der Waals surface area contributed by atoms with Crippen LogP contribution in [0.15, 0.2) is 36.7 Å². The van der Waals surface area contributed by atoms with Crippen LogP contribution in [-0.4, -0.2) is 35.3 Å². The lowest BCUT2D eigenvalue weighted by molar-refractivity contribution is 0.304. The molecule has 18 heavy (non-hydrogen) atoms. The van der Waals surface area contributed by atoms with Crippen molar-refractivity contribution in [1.29, 1.82) is 0 Å². The Labute approximate surface area is 111 Å². The van der Waals surface area contributed by atoms with Gasteiger partial charge in [0.15, 0.2) is 0 Å². The first-order valence-electron chi connectivity index (χ1n) is 5.60. The van der Waals surface area contributed by atoms with Gasteiger partial charge in [0.05, 0.1) is 12.3 Å². The number of nitrogens with zero attached hydrogens (tertiary/aromatic N) is 3. The third-order valence-corrected chi connectivity index (χ3v) is 2.87. The van der Waals surface area contributed by atoms with Crippen LogP contribution in [-0.2, 0) is 0 Å². The van der Waals surface area contributed by atoms with Crippen molar-refractivity contribution in [2.75, 3.05) is 25.1 Å². The van der Waals surface area contributed by atoms with E-state index in [0.29, 0.717) is 11.6 Å². The van der Waals surface area contributed by atoms with Gasteiger partial charge in [-0.3, -0.25) is 0 Å². The Hall–Kier alpha value is -1.65. The van der Waals surface area contributed by atoms with E-state index in [1.807, 2.05) is 42.3 Å². The van der Waals surface area contributed by atoms with Crippen LogP contribution in [0.5, 0.6) is 0 Å². The molecule has 1 N–H and O–H groups in total. The van der Waals surface area contributed by atoms with Gasteiger partial charge in [-0.15, -0.1) is 0 Å². The highest BCUT2D eigenvalue weighted by atomic mass is 35.5. The van der Waals surface area contributed by atoms with E-state index in [2.05, 4.69) is 9.97 Å². The van der Waals surface area contributed by atoms with Gasteiger partial charge in [-0.05, 0) is 12.1 Å². The molecule has 0 aliphatic rings. The third kappa shape index (κ3) is 2.97. The topological polar surface area (TPSA) is 49.2 Å². The van der Waals surface area contributed by atoms with Gasteiger partial charge in [-0.25, -0.2) is 9.97 Å². The maximum atomic E-state index is 8.92. The Morgan fingerprint density at radius 2 is 1.94 bits per heavy atom. The van der Waals surface area contributed by atoms with Gasteiger partial charge in [0.1, 0.15) is 12.1 Å². The van der Waals surface area contributed by atoms with E-state index in [0.717, 1.165) is 17.1 Å². The molecule has 0 spiro atoms. The minimum atomic E-state index is 0.0940. The van der Waals surface area contributed by atoms with Crippen molar-refractivity contribution in [3.8, 4) is 11.3 Å². The number of anilines is 1. The average molecular weight is 264 g/mol. The van der Waals surface area contributed by atoms with Gasteiger partial charge in [-0.2, -0.15) is 0 Å². The largest absolute Gasteiger partial charge is 0.395 e. The van der Waals surface area contributed by atoms with Crippen molar-refractivity contribution in [3.63, 3.8) is 0 Å². The lowest BCUT2D eigenvalue weighted by Crippen LogP contribution is -2.22. The minimum absolute atomic E-state index is 0.0940.